The third-order valence-electron chi connectivity index (χ3n) is 2.55. The molecule has 0 fully saturated rings. The number of nitrogens with zero attached hydrogens (tertiary/aromatic N) is 1. The number of nitrogens with one attached hydrogen (secondary N) is 2. The molecule has 0 radical (unpaired) electrons. The van der Waals surface area contributed by atoms with Crippen LogP contribution in [0.15, 0.2) is 17.2 Å². The number of hydrogen-bond acceptors (Lipinski definition) is 6. The number of halogens is 1. The molecule has 0 aliphatic carbocycles. The first kappa shape index (κ1) is 18.1. The lowest BCUT2D eigenvalue weighted by Gasteiger charge is -2.08. The van der Waals surface area contributed by atoms with E-state index in [0.717, 1.165) is 0 Å². The maximum absolute atomic E-state index is 12.0. The SMILES string of the molecule is CNc1ncc(S(=O)(=O)NCCCOCCOC)cc1Cl. The van der Waals surface area contributed by atoms with Crippen LogP contribution < -0.4 is 10.0 Å². The van der Waals surface area contributed by atoms with Crippen molar-refractivity contribution in [3.8, 4) is 0 Å². The number of methoxy groups -OCH3 is 1. The topological polar surface area (TPSA) is 89.6 Å². The molecular weight excluding hydrogens is 318 g/mol. The highest BCUT2D eigenvalue weighted by molar-refractivity contribution is 7.89. The second-order valence-electron chi connectivity index (χ2n) is 4.11. The van der Waals surface area contributed by atoms with Crippen LogP contribution in [0.3, 0.4) is 0 Å². The second kappa shape index (κ2) is 9.16. The normalized spacial score (nSPS) is 11.6. The van der Waals surface area contributed by atoms with Gasteiger partial charge in [-0.25, -0.2) is 18.1 Å². The summed E-state index contributed by atoms with van der Waals surface area (Å²) in [6, 6.07) is 1.36. The van der Waals surface area contributed by atoms with Gasteiger partial charge in [-0.3, -0.25) is 0 Å². The van der Waals surface area contributed by atoms with Gasteiger partial charge in [0.2, 0.25) is 10.0 Å². The van der Waals surface area contributed by atoms with Crippen molar-refractivity contribution in [3.05, 3.63) is 17.3 Å². The zero-order valence-corrected chi connectivity index (χ0v) is 13.6. The number of rotatable bonds is 10. The first-order valence-electron chi connectivity index (χ1n) is 6.41. The smallest absolute Gasteiger partial charge is 0.242 e. The fraction of sp³-hybridized carbons (Fsp3) is 0.583. The first-order valence-corrected chi connectivity index (χ1v) is 8.27. The number of aromatic nitrogens is 1. The van der Waals surface area contributed by atoms with E-state index in [9.17, 15) is 8.42 Å². The van der Waals surface area contributed by atoms with Crippen LogP contribution >= 0.6 is 11.6 Å². The lowest BCUT2D eigenvalue weighted by molar-refractivity contribution is 0.0699. The summed E-state index contributed by atoms with van der Waals surface area (Å²) in [4.78, 5) is 3.97. The van der Waals surface area contributed by atoms with Gasteiger partial charge in [0.1, 0.15) is 10.7 Å². The summed E-state index contributed by atoms with van der Waals surface area (Å²) in [6.45, 7) is 1.76. The molecule has 0 saturated carbocycles. The highest BCUT2D eigenvalue weighted by Gasteiger charge is 2.15. The van der Waals surface area contributed by atoms with Crippen molar-refractivity contribution in [2.45, 2.75) is 11.3 Å². The van der Waals surface area contributed by atoms with E-state index >= 15 is 0 Å². The molecule has 0 aliphatic heterocycles. The zero-order chi connectivity index (χ0) is 15.7. The molecule has 9 heteroatoms. The van der Waals surface area contributed by atoms with E-state index in [1.807, 2.05) is 0 Å². The van der Waals surface area contributed by atoms with Crippen LogP contribution in [-0.2, 0) is 19.5 Å². The Balaban J connectivity index is 2.45. The van der Waals surface area contributed by atoms with Gasteiger partial charge in [-0.15, -0.1) is 0 Å². The van der Waals surface area contributed by atoms with E-state index in [2.05, 4.69) is 15.0 Å². The Kier molecular flexibility index (Phi) is 7.91. The predicted octanol–water partition coefficient (Wildman–Crippen LogP) is 1.11. The standard InChI is InChI=1S/C12H20ClN3O4S/c1-14-12-11(13)8-10(9-15-12)21(17,18)16-4-3-5-20-7-6-19-2/h8-9,16H,3-7H2,1-2H3,(H,14,15). The molecule has 0 amide bonds. The van der Waals surface area contributed by atoms with Crippen molar-refractivity contribution < 1.29 is 17.9 Å². The number of pyridine rings is 1. The predicted molar refractivity (Wildman–Crippen MR) is 81.3 cm³/mol. The number of anilines is 1. The fourth-order valence-electron chi connectivity index (χ4n) is 1.46. The molecule has 1 rings (SSSR count). The van der Waals surface area contributed by atoms with Crippen molar-refractivity contribution in [2.24, 2.45) is 0 Å². The molecule has 7 nitrogen and oxygen atoms in total. The first-order chi connectivity index (χ1) is 10.0. The Labute approximate surface area is 130 Å². The minimum atomic E-state index is -3.61. The fourth-order valence-corrected chi connectivity index (χ4v) is 2.83. The zero-order valence-electron chi connectivity index (χ0n) is 12.1. The third-order valence-corrected chi connectivity index (χ3v) is 4.27. The van der Waals surface area contributed by atoms with E-state index in [1.54, 1.807) is 14.2 Å². The summed E-state index contributed by atoms with van der Waals surface area (Å²) < 4.78 is 36.6. The molecule has 21 heavy (non-hydrogen) atoms. The van der Waals surface area contributed by atoms with Crippen molar-refractivity contribution in [1.82, 2.24) is 9.71 Å². The lowest BCUT2D eigenvalue weighted by Crippen LogP contribution is -2.26. The van der Waals surface area contributed by atoms with Gasteiger partial charge in [-0.05, 0) is 12.5 Å². The summed E-state index contributed by atoms with van der Waals surface area (Å²) >= 11 is 5.92. The molecule has 120 valence electrons. The summed E-state index contributed by atoms with van der Waals surface area (Å²) in [7, 11) is -0.360. The van der Waals surface area contributed by atoms with E-state index < -0.39 is 10.0 Å². The Morgan fingerprint density at radius 3 is 2.71 bits per heavy atom. The molecule has 1 aromatic heterocycles. The molecule has 0 aliphatic rings. The van der Waals surface area contributed by atoms with Gasteiger partial charge in [-0.1, -0.05) is 11.6 Å². The van der Waals surface area contributed by atoms with Crippen molar-refractivity contribution in [1.29, 1.82) is 0 Å². The molecule has 0 unspecified atom stereocenters. The van der Waals surface area contributed by atoms with Gasteiger partial charge in [-0.2, -0.15) is 0 Å². The minimum Gasteiger partial charge on any atom is -0.382 e. The summed E-state index contributed by atoms with van der Waals surface area (Å²) in [5.74, 6) is 0.433. The Morgan fingerprint density at radius 1 is 1.33 bits per heavy atom. The third kappa shape index (κ3) is 6.15. The average Bonchev–Trinajstić information content (AvgIpc) is 2.46. The van der Waals surface area contributed by atoms with E-state index in [0.29, 0.717) is 32.1 Å². The maximum atomic E-state index is 12.0. The van der Waals surface area contributed by atoms with Crippen molar-refractivity contribution in [3.63, 3.8) is 0 Å². The van der Waals surface area contributed by atoms with Crippen LogP contribution in [0.1, 0.15) is 6.42 Å². The van der Waals surface area contributed by atoms with Crippen LogP contribution in [0.25, 0.3) is 0 Å². The molecule has 2 N–H and O–H groups in total. The Morgan fingerprint density at radius 2 is 2.10 bits per heavy atom. The highest BCUT2D eigenvalue weighted by Crippen LogP contribution is 2.21. The summed E-state index contributed by atoms with van der Waals surface area (Å²) in [6.07, 6.45) is 1.83. The van der Waals surface area contributed by atoms with Crippen LogP contribution in [0.5, 0.6) is 0 Å². The number of hydrogen-bond donors (Lipinski definition) is 2. The molecule has 1 heterocycles. The second-order valence-corrected chi connectivity index (χ2v) is 6.28. The highest BCUT2D eigenvalue weighted by atomic mass is 35.5. The molecule has 0 aromatic carbocycles. The summed E-state index contributed by atoms with van der Waals surface area (Å²) in [5.41, 5.74) is 0. The Bertz CT molecular complexity index is 539. The van der Waals surface area contributed by atoms with Gasteiger partial charge in [0.05, 0.1) is 18.2 Å². The van der Waals surface area contributed by atoms with Gasteiger partial charge in [0.15, 0.2) is 0 Å². The quantitative estimate of drug-likeness (QED) is 0.622. The number of sulfonamides is 1. The van der Waals surface area contributed by atoms with Gasteiger partial charge in [0.25, 0.3) is 0 Å². The largest absolute Gasteiger partial charge is 0.382 e. The van der Waals surface area contributed by atoms with E-state index in [4.69, 9.17) is 21.1 Å². The van der Waals surface area contributed by atoms with Crippen LogP contribution in [0.4, 0.5) is 5.82 Å². The molecule has 0 bridgehead atoms. The van der Waals surface area contributed by atoms with Crippen molar-refractivity contribution in [2.75, 3.05) is 45.8 Å². The molecule has 1 aromatic rings. The molecule has 0 spiro atoms. The van der Waals surface area contributed by atoms with Crippen LogP contribution in [0.2, 0.25) is 5.02 Å². The van der Waals surface area contributed by atoms with Gasteiger partial charge >= 0.3 is 0 Å². The minimum absolute atomic E-state index is 0.0341. The van der Waals surface area contributed by atoms with E-state index in [-0.39, 0.29) is 16.5 Å². The van der Waals surface area contributed by atoms with E-state index in [1.165, 1.54) is 12.3 Å². The molecule has 0 atom stereocenters. The Hall–Kier alpha value is -0.930. The van der Waals surface area contributed by atoms with Crippen molar-refractivity contribution >= 4 is 27.4 Å². The van der Waals surface area contributed by atoms with Crippen LogP contribution in [0, 0.1) is 0 Å². The average molecular weight is 338 g/mol. The van der Waals surface area contributed by atoms with Crippen LogP contribution in [-0.4, -0.2) is 53.9 Å². The van der Waals surface area contributed by atoms with Gasteiger partial charge < -0.3 is 14.8 Å². The number of ether oxygens (including phenoxy) is 2. The van der Waals surface area contributed by atoms with Gasteiger partial charge in [0, 0.05) is 33.5 Å². The maximum Gasteiger partial charge on any atom is 0.242 e. The monoisotopic (exact) mass is 337 g/mol. The lowest BCUT2D eigenvalue weighted by atomic mass is 10.4. The molecular formula is C12H20ClN3O4S. The molecule has 0 saturated heterocycles. The summed E-state index contributed by atoms with van der Waals surface area (Å²) in [5, 5.41) is 3.02.